The molecule has 2 rings (SSSR count). The average Bonchev–Trinajstić information content (AvgIpc) is 2.52. The van der Waals surface area contributed by atoms with E-state index in [0.29, 0.717) is 5.56 Å². The number of amides is 1. The minimum Gasteiger partial charge on any atom is -0.496 e. The summed E-state index contributed by atoms with van der Waals surface area (Å²) >= 11 is 0. The Labute approximate surface area is 131 Å². The first kappa shape index (κ1) is 16.6. The number of hydrogen-bond donors (Lipinski definition) is 1. The second kappa shape index (κ2) is 6.56. The third-order valence-electron chi connectivity index (χ3n) is 3.19. The third kappa shape index (κ3) is 3.91. The molecule has 0 aliphatic carbocycles. The van der Waals surface area contributed by atoms with E-state index in [2.05, 4.69) is 0 Å². The van der Waals surface area contributed by atoms with Gasteiger partial charge in [-0.25, -0.2) is 0 Å². The lowest BCUT2D eigenvalue weighted by atomic mass is 9.95. The summed E-state index contributed by atoms with van der Waals surface area (Å²) in [6, 6.07) is 11.6. The molecule has 2 aromatic rings. The predicted octanol–water partition coefficient (Wildman–Crippen LogP) is 3.63. The van der Waals surface area contributed by atoms with Crippen molar-refractivity contribution in [1.82, 2.24) is 0 Å². The van der Waals surface area contributed by atoms with Gasteiger partial charge < -0.3 is 10.5 Å². The Balaban J connectivity index is 2.70. The molecule has 23 heavy (non-hydrogen) atoms. The smallest absolute Gasteiger partial charge is 0.416 e. The van der Waals surface area contributed by atoms with Crippen molar-refractivity contribution in [2.45, 2.75) is 6.18 Å². The Hall–Kier alpha value is -2.76. The molecular formula is C17H14F3NO2. The molecule has 0 heterocycles. The fraction of sp³-hybridized carbons (Fsp3) is 0.118. The number of hydrogen-bond acceptors (Lipinski definition) is 2. The van der Waals surface area contributed by atoms with Crippen LogP contribution in [0.4, 0.5) is 13.2 Å². The molecule has 0 atom stereocenters. The van der Waals surface area contributed by atoms with E-state index >= 15 is 0 Å². The van der Waals surface area contributed by atoms with Crippen molar-refractivity contribution in [1.29, 1.82) is 0 Å². The van der Waals surface area contributed by atoms with Crippen LogP contribution in [0.1, 0.15) is 16.7 Å². The number of primary amides is 1. The molecular weight excluding hydrogens is 307 g/mol. The summed E-state index contributed by atoms with van der Waals surface area (Å²) in [6.45, 7) is 0. The highest BCUT2D eigenvalue weighted by Crippen LogP contribution is 2.37. The van der Waals surface area contributed by atoms with Crippen LogP contribution in [0.2, 0.25) is 0 Å². The van der Waals surface area contributed by atoms with E-state index in [9.17, 15) is 18.0 Å². The fourth-order valence-corrected chi connectivity index (χ4v) is 2.17. The van der Waals surface area contributed by atoms with Crippen LogP contribution in [0, 0.1) is 0 Å². The summed E-state index contributed by atoms with van der Waals surface area (Å²) in [7, 11) is 1.35. The van der Waals surface area contributed by atoms with Gasteiger partial charge in [-0.1, -0.05) is 30.3 Å². The summed E-state index contributed by atoms with van der Waals surface area (Å²) in [5, 5.41) is 0. The normalized spacial score (nSPS) is 12.1. The second-order valence-electron chi connectivity index (χ2n) is 4.74. The first-order valence-corrected chi connectivity index (χ1v) is 6.65. The number of ether oxygens (including phenoxy) is 1. The molecule has 0 radical (unpaired) electrons. The van der Waals surface area contributed by atoms with Gasteiger partial charge in [-0.3, -0.25) is 4.79 Å². The third-order valence-corrected chi connectivity index (χ3v) is 3.19. The Morgan fingerprint density at radius 3 is 2.30 bits per heavy atom. The Morgan fingerprint density at radius 2 is 1.78 bits per heavy atom. The lowest BCUT2D eigenvalue weighted by molar-refractivity contribution is -0.137. The molecule has 0 aliphatic rings. The molecule has 0 saturated heterocycles. The zero-order valence-corrected chi connectivity index (χ0v) is 12.2. The molecule has 2 aromatic carbocycles. The fourth-order valence-electron chi connectivity index (χ4n) is 2.17. The van der Waals surface area contributed by atoms with E-state index in [1.54, 1.807) is 30.3 Å². The van der Waals surface area contributed by atoms with E-state index in [-0.39, 0.29) is 16.9 Å². The van der Waals surface area contributed by atoms with Gasteiger partial charge in [0.2, 0.25) is 5.91 Å². The van der Waals surface area contributed by atoms with Crippen molar-refractivity contribution < 1.29 is 22.7 Å². The van der Waals surface area contributed by atoms with Crippen molar-refractivity contribution in [3.8, 4) is 5.75 Å². The first-order chi connectivity index (χ1) is 10.8. The van der Waals surface area contributed by atoms with Gasteiger partial charge in [0.25, 0.3) is 0 Å². The van der Waals surface area contributed by atoms with Gasteiger partial charge in [-0.15, -0.1) is 0 Å². The van der Waals surface area contributed by atoms with Crippen molar-refractivity contribution in [3.05, 3.63) is 71.3 Å². The lowest BCUT2D eigenvalue weighted by Gasteiger charge is -2.15. The molecule has 0 unspecified atom stereocenters. The van der Waals surface area contributed by atoms with Gasteiger partial charge in [-0.2, -0.15) is 13.2 Å². The number of benzene rings is 2. The van der Waals surface area contributed by atoms with Crippen molar-refractivity contribution >= 4 is 11.5 Å². The van der Waals surface area contributed by atoms with Gasteiger partial charge in [0.1, 0.15) is 5.75 Å². The maximum absolute atomic E-state index is 13.0. The Kier molecular flexibility index (Phi) is 4.74. The number of carbonyl (C=O) groups excluding carboxylic acids is 1. The molecule has 3 nitrogen and oxygen atoms in total. The van der Waals surface area contributed by atoms with Crippen molar-refractivity contribution in [3.63, 3.8) is 0 Å². The second-order valence-corrected chi connectivity index (χ2v) is 4.74. The standard InChI is InChI=1S/C17H14F3NO2/c1-23-15-8-7-12(17(18,19)20)9-14(15)13(10-16(21)22)11-5-3-2-4-6-11/h2-10H,1H3,(H2,21,22). The topological polar surface area (TPSA) is 52.3 Å². The summed E-state index contributed by atoms with van der Waals surface area (Å²) in [5.41, 5.74) is 5.34. The average molecular weight is 321 g/mol. The minimum absolute atomic E-state index is 0.146. The van der Waals surface area contributed by atoms with Crippen LogP contribution in [-0.4, -0.2) is 13.0 Å². The predicted molar refractivity (Wildman–Crippen MR) is 80.7 cm³/mol. The molecule has 0 bridgehead atoms. The molecule has 1 amide bonds. The zero-order valence-electron chi connectivity index (χ0n) is 12.2. The van der Waals surface area contributed by atoms with E-state index < -0.39 is 17.6 Å². The summed E-state index contributed by atoms with van der Waals surface area (Å²) in [5.74, 6) is -0.544. The van der Waals surface area contributed by atoms with E-state index in [1.165, 1.54) is 13.2 Å². The monoisotopic (exact) mass is 321 g/mol. The van der Waals surface area contributed by atoms with Crippen molar-refractivity contribution in [2.24, 2.45) is 5.73 Å². The van der Waals surface area contributed by atoms with Crippen molar-refractivity contribution in [2.75, 3.05) is 7.11 Å². The molecule has 0 saturated carbocycles. The van der Waals surface area contributed by atoms with Gasteiger partial charge in [0.15, 0.2) is 0 Å². The number of alkyl halides is 3. The zero-order chi connectivity index (χ0) is 17.0. The molecule has 2 N–H and O–H groups in total. The molecule has 6 heteroatoms. The minimum atomic E-state index is -4.50. The molecule has 0 aromatic heterocycles. The van der Waals surface area contributed by atoms with Crippen LogP contribution in [-0.2, 0) is 11.0 Å². The number of rotatable bonds is 4. The molecule has 0 aliphatic heterocycles. The van der Waals surface area contributed by atoms with Gasteiger partial charge in [0.05, 0.1) is 12.7 Å². The maximum atomic E-state index is 13.0. The Morgan fingerprint density at radius 1 is 1.13 bits per heavy atom. The highest BCUT2D eigenvalue weighted by Gasteiger charge is 2.31. The van der Waals surface area contributed by atoms with Crippen LogP contribution in [0.5, 0.6) is 5.75 Å². The Bertz CT molecular complexity index is 737. The van der Waals surface area contributed by atoms with Crippen LogP contribution >= 0.6 is 0 Å². The van der Waals surface area contributed by atoms with Gasteiger partial charge in [-0.05, 0) is 29.3 Å². The lowest BCUT2D eigenvalue weighted by Crippen LogP contribution is -2.09. The quantitative estimate of drug-likeness (QED) is 0.874. The molecule has 0 spiro atoms. The first-order valence-electron chi connectivity index (χ1n) is 6.65. The van der Waals surface area contributed by atoms with Crippen LogP contribution in [0.25, 0.3) is 5.57 Å². The van der Waals surface area contributed by atoms with Gasteiger partial charge >= 0.3 is 6.18 Å². The van der Waals surface area contributed by atoms with Gasteiger partial charge in [0, 0.05) is 11.6 Å². The SMILES string of the molecule is COc1ccc(C(F)(F)F)cc1C(=CC(N)=O)c1ccccc1. The molecule has 120 valence electrons. The maximum Gasteiger partial charge on any atom is 0.416 e. The van der Waals surface area contributed by atoms with Crippen LogP contribution in [0.3, 0.4) is 0 Å². The molecule has 0 fully saturated rings. The highest BCUT2D eigenvalue weighted by atomic mass is 19.4. The summed E-state index contributed by atoms with van der Waals surface area (Å²) in [4.78, 5) is 11.3. The number of halogens is 3. The number of nitrogens with two attached hydrogens (primary N) is 1. The van der Waals surface area contributed by atoms with Crippen LogP contribution in [0.15, 0.2) is 54.6 Å². The number of methoxy groups -OCH3 is 1. The summed E-state index contributed by atoms with van der Waals surface area (Å²) < 4.78 is 44.1. The van der Waals surface area contributed by atoms with Crippen LogP contribution < -0.4 is 10.5 Å². The van der Waals surface area contributed by atoms with E-state index in [4.69, 9.17) is 10.5 Å². The highest BCUT2D eigenvalue weighted by molar-refractivity contribution is 5.99. The summed E-state index contributed by atoms with van der Waals surface area (Å²) in [6.07, 6.45) is -3.41. The van der Waals surface area contributed by atoms with E-state index in [0.717, 1.165) is 18.2 Å². The largest absolute Gasteiger partial charge is 0.496 e. The van der Waals surface area contributed by atoms with E-state index in [1.807, 2.05) is 0 Å². The number of carbonyl (C=O) groups is 1.